The number of nitrogens with zero attached hydrogens (tertiary/aromatic N) is 3. The molecule has 120 valence electrons. The molecule has 7 heteroatoms. The SMILES string of the molecule is CNC(=O)N(c1ccc(N=C=O)cc1)c1ccc(N=C=O)c(C)c1. The summed E-state index contributed by atoms with van der Waals surface area (Å²) in [7, 11) is 1.53. The van der Waals surface area contributed by atoms with Gasteiger partial charge < -0.3 is 5.32 Å². The first kappa shape index (κ1) is 16.8. The molecule has 0 atom stereocenters. The van der Waals surface area contributed by atoms with Gasteiger partial charge >= 0.3 is 6.03 Å². The Labute approximate surface area is 138 Å². The maximum absolute atomic E-state index is 12.3. The standard InChI is InChI=1S/C17H14N4O3/c1-12-9-15(7-8-16(12)20-11-23)21(17(24)18-2)14-5-3-13(4-6-14)19-10-22/h3-9H,1-2H3,(H,18,24). The monoisotopic (exact) mass is 322 g/mol. The maximum atomic E-state index is 12.3. The number of urea groups is 1. The molecule has 0 saturated heterocycles. The lowest BCUT2D eigenvalue weighted by Crippen LogP contribution is -2.34. The quantitative estimate of drug-likeness (QED) is 0.690. The highest BCUT2D eigenvalue weighted by atomic mass is 16.2. The predicted octanol–water partition coefficient (Wildman–Crippen LogP) is 3.41. The van der Waals surface area contributed by atoms with Crippen LogP contribution in [0.5, 0.6) is 0 Å². The average molecular weight is 322 g/mol. The number of amides is 2. The molecule has 0 aliphatic heterocycles. The summed E-state index contributed by atoms with van der Waals surface area (Å²) in [5, 5.41) is 2.58. The number of hydrogen-bond acceptors (Lipinski definition) is 5. The molecule has 24 heavy (non-hydrogen) atoms. The number of benzene rings is 2. The Kier molecular flexibility index (Phi) is 5.36. The van der Waals surface area contributed by atoms with Crippen molar-refractivity contribution in [3.8, 4) is 0 Å². The third-order valence-electron chi connectivity index (χ3n) is 3.30. The van der Waals surface area contributed by atoms with Crippen LogP contribution in [0.2, 0.25) is 0 Å². The van der Waals surface area contributed by atoms with E-state index in [-0.39, 0.29) is 6.03 Å². The van der Waals surface area contributed by atoms with Gasteiger partial charge in [0.2, 0.25) is 12.2 Å². The zero-order chi connectivity index (χ0) is 17.5. The summed E-state index contributed by atoms with van der Waals surface area (Å²) in [5.74, 6) is 0. The molecule has 0 unspecified atom stereocenters. The van der Waals surface area contributed by atoms with Crippen LogP contribution in [0, 0.1) is 6.92 Å². The molecule has 0 aromatic heterocycles. The summed E-state index contributed by atoms with van der Waals surface area (Å²) in [4.78, 5) is 41.6. The van der Waals surface area contributed by atoms with Gasteiger partial charge in [0.1, 0.15) is 0 Å². The van der Waals surface area contributed by atoms with E-state index in [9.17, 15) is 14.4 Å². The first-order valence-electron chi connectivity index (χ1n) is 6.99. The van der Waals surface area contributed by atoms with Gasteiger partial charge in [-0.15, -0.1) is 0 Å². The molecule has 2 amide bonds. The van der Waals surface area contributed by atoms with Gasteiger partial charge in [-0.2, -0.15) is 9.98 Å². The molecule has 0 fully saturated rings. The van der Waals surface area contributed by atoms with E-state index in [1.54, 1.807) is 49.4 Å². The van der Waals surface area contributed by atoms with Crippen molar-refractivity contribution in [2.45, 2.75) is 6.92 Å². The van der Waals surface area contributed by atoms with Crippen LogP contribution in [0.4, 0.5) is 27.5 Å². The maximum Gasteiger partial charge on any atom is 0.326 e. The van der Waals surface area contributed by atoms with Crippen LogP contribution < -0.4 is 10.2 Å². The molecule has 0 heterocycles. The largest absolute Gasteiger partial charge is 0.340 e. The van der Waals surface area contributed by atoms with Crippen LogP contribution >= 0.6 is 0 Å². The van der Waals surface area contributed by atoms with Crippen LogP contribution in [0.15, 0.2) is 52.4 Å². The summed E-state index contributed by atoms with van der Waals surface area (Å²) in [6.07, 6.45) is 2.96. The van der Waals surface area contributed by atoms with Crippen molar-refractivity contribution in [3.05, 3.63) is 48.0 Å². The topological polar surface area (TPSA) is 91.2 Å². The Bertz CT molecular complexity index is 849. The van der Waals surface area contributed by atoms with Crippen molar-refractivity contribution >= 4 is 40.9 Å². The minimum atomic E-state index is -0.340. The number of carbonyl (C=O) groups is 1. The van der Waals surface area contributed by atoms with Crippen molar-refractivity contribution in [2.75, 3.05) is 11.9 Å². The second kappa shape index (κ2) is 7.65. The minimum Gasteiger partial charge on any atom is -0.340 e. The lowest BCUT2D eigenvalue weighted by molar-refractivity contribution is 0.250. The van der Waals surface area contributed by atoms with E-state index in [1.807, 2.05) is 0 Å². The van der Waals surface area contributed by atoms with Crippen molar-refractivity contribution in [2.24, 2.45) is 9.98 Å². The van der Waals surface area contributed by atoms with Crippen LogP contribution in [-0.4, -0.2) is 25.2 Å². The van der Waals surface area contributed by atoms with E-state index in [2.05, 4.69) is 15.3 Å². The lowest BCUT2D eigenvalue weighted by atomic mass is 10.1. The molecule has 0 bridgehead atoms. The first-order valence-corrected chi connectivity index (χ1v) is 6.99. The van der Waals surface area contributed by atoms with Crippen molar-refractivity contribution in [1.82, 2.24) is 5.32 Å². The molecule has 0 radical (unpaired) electrons. The molecular weight excluding hydrogens is 308 g/mol. The third-order valence-corrected chi connectivity index (χ3v) is 3.30. The second-order valence-electron chi connectivity index (χ2n) is 4.78. The summed E-state index contributed by atoms with van der Waals surface area (Å²) in [5.41, 5.74) is 2.85. The molecule has 7 nitrogen and oxygen atoms in total. The normalized spacial score (nSPS) is 9.42. The number of aryl methyl sites for hydroxylation is 1. The van der Waals surface area contributed by atoms with Gasteiger partial charge in [-0.1, -0.05) is 0 Å². The number of carbonyl (C=O) groups excluding carboxylic acids is 3. The Hall–Kier alpha value is -3.53. The molecule has 0 saturated carbocycles. The summed E-state index contributed by atoms with van der Waals surface area (Å²) < 4.78 is 0. The minimum absolute atomic E-state index is 0.340. The molecule has 2 rings (SSSR count). The van der Waals surface area contributed by atoms with Crippen LogP contribution in [0.1, 0.15) is 5.56 Å². The zero-order valence-electron chi connectivity index (χ0n) is 13.1. The van der Waals surface area contributed by atoms with Crippen LogP contribution in [0.3, 0.4) is 0 Å². The fourth-order valence-electron chi connectivity index (χ4n) is 2.18. The van der Waals surface area contributed by atoms with E-state index < -0.39 is 0 Å². The van der Waals surface area contributed by atoms with E-state index in [1.165, 1.54) is 24.1 Å². The molecule has 1 N–H and O–H groups in total. The fraction of sp³-hybridized carbons (Fsp3) is 0.118. The van der Waals surface area contributed by atoms with Gasteiger partial charge in [0.15, 0.2) is 0 Å². The number of aliphatic imine (C=N–C) groups is 2. The average Bonchev–Trinajstić information content (AvgIpc) is 2.59. The van der Waals surface area contributed by atoms with Crippen molar-refractivity contribution in [3.63, 3.8) is 0 Å². The van der Waals surface area contributed by atoms with E-state index in [0.29, 0.717) is 22.7 Å². The summed E-state index contributed by atoms with van der Waals surface area (Å²) in [6.45, 7) is 1.78. The third kappa shape index (κ3) is 3.62. The van der Waals surface area contributed by atoms with E-state index >= 15 is 0 Å². The molecule has 2 aromatic carbocycles. The van der Waals surface area contributed by atoms with Crippen LogP contribution in [0.25, 0.3) is 0 Å². The van der Waals surface area contributed by atoms with Crippen molar-refractivity contribution in [1.29, 1.82) is 0 Å². The number of isocyanates is 2. The number of hydrogen-bond donors (Lipinski definition) is 1. The van der Waals surface area contributed by atoms with Gasteiger partial charge in [-0.05, 0) is 55.0 Å². The van der Waals surface area contributed by atoms with Gasteiger partial charge in [0.05, 0.1) is 22.7 Å². The molecule has 0 spiro atoms. The van der Waals surface area contributed by atoms with Gasteiger partial charge in [0, 0.05) is 7.05 Å². The Morgan fingerprint density at radius 3 is 2.17 bits per heavy atom. The summed E-state index contributed by atoms with van der Waals surface area (Å²) in [6, 6.07) is 11.3. The number of nitrogens with one attached hydrogen (secondary N) is 1. The Morgan fingerprint density at radius 2 is 1.62 bits per heavy atom. The highest BCUT2D eigenvalue weighted by Crippen LogP contribution is 2.31. The van der Waals surface area contributed by atoms with Gasteiger partial charge in [-0.25, -0.2) is 14.4 Å². The predicted molar refractivity (Wildman–Crippen MR) is 89.8 cm³/mol. The highest BCUT2D eigenvalue weighted by Gasteiger charge is 2.17. The smallest absolute Gasteiger partial charge is 0.326 e. The summed E-state index contributed by atoms with van der Waals surface area (Å²) >= 11 is 0. The van der Waals surface area contributed by atoms with Crippen LogP contribution in [-0.2, 0) is 9.59 Å². The van der Waals surface area contributed by atoms with Crippen molar-refractivity contribution < 1.29 is 14.4 Å². The molecule has 0 aliphatic carbocycles. The van der Waals surface area contributed by atoms with E-state index in [4.69, 9.17) is 0 Å². The first-order chi connectivity index (χ1) is 11.6. The molecule has 0 aliphatic rings. The number of rotatable bonds is 4. The van der Waals surface area contributed by atoms with Gasteiger partial charge in [-0.3, -0.25) is 4.90 Å². The highest BCUT2D eigenvalue weighted by molar-refractivity contribution is 5.99. The molecular formula is C17H14N4O3. The second-order valence-corrected chi connectivity index (χ2v) is 4.78. The molecule has 2 aromatic rings. The Balaban J connectivity index is 2.49. The van der Waals surface area contributed by atoms with Gasteiger partial charge in [0.25, 0.3) is 0 Å². The Morgan fingerprint density at radius 1 is 1.00 bits per heavy atom. The number of anilines is 2. The fourth-order valence-corrected chi connectivity index (χ4v) is 2.18. The lowest BCUT2D eigenvalue weighted by Gasteiger charge is -2.23. The van der Waals surface area contributed by atoms with E-state index in [0.717, 1.165) is 5.56 Å². The zero-order valence-corrected chi connectivity index (χ0v) is 13.1.